The Balaban J connectivity index is 1.79. The van der Waals surface area contributed by atoms with Gasteiger partial charge in [0.2, 0.25) is 5.13 Å². The minimum absolute atomic E-state index is 0.872. The molecule has 1 fully saturated rings. The summed E-state index contributed by atoms with van der Waals surface area (Å²) in [5.41, 5.74) is 0. The number of thioether (sulfide) groups is 1. The molecule has 14 heavy (non-hydrogen) atoms. The van der Waals surface area contributed by atoms with Crippen LogP contribution in [0.15, 0.2) is 0 Å². The minimum Gasteiger partial charge on any atom is -0.363 e. The Bertz CT molecular complexity index is 281. The van der Waals surface area contributed by atoms with Crippen molar-refractivity contribution < 1.29 is 0 Å². The van der Waals surface area contributed by atoms with Crippen LogP contribution in [0.4, 0.5) is 5.13 Å². The van der Waals surface area contributed by atoms with Gasteiger partial charge < -0.3 is 5.32 Å². The molecule has 0 unspecified atom stereocenters. The molecule has 0 atom stereocenters. The molecule has 1 aromatic heterocycles. The summed E-state index contributed by atoms with van der Waals surface area (Å²) in [6.07, 6.45) is 5.61. The summed E-state index contributed by atoms with van der Waals surface area (Å²) in [4.78, 5) is 0. The van der Waals surface area contributed by atoms with E-state index >= 15 is 0 Å². The van der Waals surface area contributed by atoms with Crippen molar-refractivity contribution in [2.45, 2.75) is 36.7 Å². The zero-order valence-corrected chi connectivity index (χ0v) is 9.96. The van der Waals surface area contributed by atoms with E-state index in [9.17, 15) is 0 Å². The summed E-state index contributed by atoms with van der Waals surface area (Å²) in [6, 6.07) is 0. The van der Waals surface area contributed by atoms with Gasteiger partial charge in [0.15, 0.2) is 0 Å². The first-order chi connectivity index (χ1) is 6.88. The van der Waals surface area contributed by atoms with E-state index in [1.54, 1.807) is 11.3 Å². The molecule has 0 saturated heterocycles. The lowest BCUT2D eigenvalue weighted by molar-refractivity contribution is 0.886. The molecule has 0 bridgehead atoms. The topological polar surface area (TPSA) is 37.8 Å². The zero-order chi connectivity index (χ0) is 9.80. The number of nitrogens with one attached hydrogen (secondary N) is 1. The van der Waals surface area contributed by atoms with Crippen LogP contribution in [0.3, 0.4) is 0 Å². The van der Waals surface area contributed by atoms with Crippen molar-refractivity contribution in [3.05, 3.63) is 5.01 Å². The summed E-state index contributed by atoms with van der Waals surface area (Å²) in [5, 5.41) is 14.1. The third kappa shape index (κ3) is 2.60. The zero-order valence-electron chi connectivity index (χ0n) is 8.32. The van der Waals surface area contributed by atoms with Crippen LogP contribution < -0.4 is 5.32 Å². The number of anilines is 1. The first-order valence-corrected chi connectivity index (χ1v) is 6.87. The van der Waals surface area contributed by atoms with Crippen molar-refractivity contribution in [3.8, 4) is 0 Å². The average Bonchev–Trinajstić information content (AvgIpc) is 2.86. The van der Waals surface area contributed by atoms with Crippen LogP contribution in [0.5, 0.6) is 0 Å². The highest BCUT2D eigenvalue weighted by atomic mass is 32.2. The third-order valence-corrected chi connectivity index (χ3v) is 4.93. The van der Waals surface area contributed by atoms with E-state index < -0.39 is 0 Å². The molecule has 2 rings (SSSR count). The quantitative estimate of drug-likeness (QED) is 0.861. The van der Waals surface area contributed by atoms with E-state index in [4.69, 9.17) is 0 Å². The van der Waals surface area contributed by atoms with Crippen LogP contribution in [-0.4, -0.2) is 22.5 Å². The van der Waals surface area contributed by atoms with E-state index in [1.165, 1.54) is 25.7 Å². The Morgan fingerprint density at radius 3 is 2.86 bits per heavy atom. The van der Waals surface area contributed by atoms with Crippen molar-refractivity contribution in [2.24, 2.45) is 0 Å². The Kier molecular flexibility index (Phi) is 3.64. The number of nitrogens with zero attached hydrogens (tertiary/aromatic N) is 2. The van der Waals surface area contributed by atoms with Crippen LogP contribution in [0, 0.1) is 0 Å². The summed E-state index contributed by atoms with van der Waals surface area (Å²) in [6.45, 7) is 0. The lowest BCUT2D eigenvalue weighted by atomic mass is 10.4. The van der Waals surface area contributed by atoms with Crippen molar-refractivity contribution >= 4 is 28.2 Å². The van der Waals surface area contributed by atoms with Gasteiger partial charge >= 0.3 is 0 Å². The first-order valence-electron chi connectivity index (χ1n) is 5.00. The fourth-order valence-electron chi connectivity index (χ4n) is 1.66. The van der Waals surface area contributed by atoms with Gasteiger partial charge in [0.1, 0.15) is 5.01 Å². The fraction of sp³-hybridized carbons (Fsp3) is 0.778. The largest absolute Gasteiger partial charge is 0.363 e. The molecule has 1 aliphatic rings. The lowest BCUT2D eigenvalue weighted by Crippen LogP contribution is -1.94. The smallest absolute Gasteiger partial charge is 0.205 e. The van der Waals surface area contributed by atoms with Gasteiger partial charge in [0.25, 0.3) is 0 Å². The van der Waals surface area contributed by atoms with Gasteiger partial charge in [-0.3, -0.25) is 0 Å². The van der Waals surface area contributed by atoms with Crippen LogP contribution in [0.2, 0.25) is 0 Å². The van der Waals surface area contributed by atoms with E-state index in [0.717, 1.165) is 21.1 Å². The van der Waals surface area contributed by atoms with E-state index in [1.807, 2.05) is 18.8 Å². The maximum absolute atomic E-state index is 4.13. The minimum atomic E-state index is 0.872. The summed E-state index contributed by atoms with van der Waals surface area (Å²) in [7, 11) is 1.88. The summed E-state index contributed by atoms with van der Waals surface area (Å²) in [5.74, 6) is 1.03. The van der Waals surface area contributed by atoms with Crippen molar-refractivity contribution in [2.75, 3.05) is 12.4 Å². The molecule has 0 spiro atoms. The summed E-state index contributed by atoms with van der Waals surface area (Å²) < 4.78 is 0. The maximum atomic E-state index is 4.13. The number of rotatable bonds is 4. The summed E-state index contributed by atoms with van der Waals surface area (Å²) >= 11 is 3.70. The van der Waals surface area contributed by atoms with Crippen LogP contribution >= 0.6 is 23.1 Å². The molecule has 0 radical (unpaired) electrons. The van der Waals surface area contributed by atoms with Crippen molar-refractivity contribution in [1.29, 1.82) is 0 Å². The molecule has 5 heteroatoms. The molecule has 78 valence electrons. The number of aromatic nitrogens is 2. The molecule has 3 nitrogen and oxygen atoms in total. The van der Waals surface area contributed by atoms with Crippen LogP contribution in [0.1, 0.15) is 30.7 Å². The number of hydrogen-bond acceptors (Lipinski definition) is 5. The predicted octanol–water partition coefficient (Wildman–Crippen LogP) is 2.76. The maximum Gasteiger partial charge on any atom is 0.205 e. The number of hydrogen-bond donors (Lipinski definition) is 1. The average molecular weight is 229 g/mol. The Labute approximate surface area is 92.7 Å². The van der Waals surface area contributed by atoms with Gasteiger partial charge in [0.05, 0.1) is 0 Å². The van der Waals surface area contributed by atoms with Gasteiger partial charge in [-0.25, -0.2) is 0 Å². The Hall–Kier alpha value is -0.290. The molecular formula is C9H15N3S2. The molecule has 1 saturated carbocycles. The van der Waals surface area contributed by atoms with Gasteiger partial charge in [0, 0.05) is 18.1 Å². The SMILES string of the molecule is CNc1nnc(CSC2CCCC2)s1. The second-order valence-electron chi connectivity index (χ2n) is 3.47. The van der Waals surface area contributed by atoms with E-state index in [0.29, 0.717) is 0 Å². The second kappa shape index (κ2) is 4.98. The lowest BCUT2D eigenvalue weighted by Gasteiger charge is -2.05. The molecule has 0 amide bonds. The monoisotopic (exact) mass is 229 g/mol. The molecule has 1 aliphatic carbocycles. The second-order valence-corrected chi connectivity index (χ2v) is 5.82. The van der Waals surface area contributed by atoms with Crippen molar-refractivity contribution in [3.63, 3.8) is 0 Å². The standard InChI is InChI=1S/C9H15N3S2/c1-10-9-12-11-8(14-9)6-13-7-4-2-3-5-7/h7H,2-6H2,1H3,(H,10,12). The van der Waals surface area contributed by atoms with Gasteiger partial charge in [-0.1, -0.05) is 24.2 Å². The highest BCUT2D eigenvalue weighted by Crippen LogP contribution is 2.32. The first kappa shape index (κ1) is 10.2. The van der Waals surface area contributed by atoms with Crippen LogP contribution in [0.25, 0.3) is 0 Å². The van der Waals surface area contributed by atoms with E-state index in [-0.39, 0.29) is 0 Å². The normalized spacial score (nSPS) is 17.5. The van der Waals surface area contributed by atoms with Crippen molar-refractivity contribution in [1.82, 2.24) is 10.2 Å². The van der Waals surface area contributed by atoms with Crippen LogP contribution in [-0.2, 0) is 5.75 Å². The molecule has 1 aromatic rings. The third-order valence-electron chi connectivity index (χ3n) is 2.43. The fourth-order valence-corrected chi connectivity index (χ4v) is 3.69. The van der Waals surface area contributed by atoms with Gasteiger partial charge in [-0.2, -0.15) is 11.8 Å². The Morgan fingerprint density at radius 1 is 1.43 bits per heavy atom. The molecule has 1 N–H and O–H groups in total. The van der Waals surface area contributed by atoms with Gasteiger partial charge in [-0.15, -0.1) is 10.2 Å². The highest BCUT2D eigenvalue weighted by Gasteiger charge is 2.16. The molecule has 0 aromatic carbocycles. The molecular weight excluding hydrogens is 214 g/mol. The molecule has 0 aliphatic heterocycles. The van der Waals surface area contributed by atoms with Gasteiger partial charge in [-0.05, 0) is 12.8 Å². The Morgan fingerprint density at radius 2 is 2.21 bits per heavy atom. The highest BCUT2D eigenvalue weighted by molar-refractivity contribution is 7.99. The molecule has 1 heterocycles. The van der Waals surface area contributed by atoms with E-state index in [2.05, 4.69) is 15.5 Å². The predicted molar refractivity (Wildman–Crippen MR) is 63.0 cm³/mol.